The first-order chi connectivity index (χ1) is 6.47. The first-order valence-corrected chi connectivity index (χ1v) is 10.6. The van der Waals surface area contributed by atoms with Gasteiger partial charge in [0.05, 0.1) is 5.01 Å². The Balaban J connectivity index is 2.16. The summed E-state index contributed by atoms with van der Waals surface area (Å²) < 4.78 is 0. The zero-order valence-corrected chi connectivity index (χ0v) is 12.1. The lowest BCUT2D eigenvalue weighted by Gasteiger charge is -2.14. The molecule has 4 heteroatoms. The molecule has 1 aromatic heterocycles. The predicted octanol–water partition coefficient (Wildman–Crippen LogP) is 4.02. The van der Waals surface area contributed by atoms with Gasteiger partial charge < -0.3 is 0 Å². The molecule has 1 heterocycles. The average molecular weight is 245 g/mol. The van der Waals surface area contributed by atoms with Gasteiger partial charge in [-0.1, -0.05) is 19.6 Å². The van der Waals surface area contributed by atoms with Gasteiger partial charge in [0.1, 0.15) is 0 Å². The largest absolute Gasteiger partial charge is 0.250 e. The van der Waals surface area contributed by atoms with Gasteiger partial charge in [-0.3, -0.25) is 0 Å². The van der Waals surface area contributed by atoms with E-state index in [1.165, 1.54) is 21.7 Å². The molecule has 1 aromatic rings. The summed E-state index contributed by atoms with van der Waals surface area (Å²) >= 11 is 3.88. The van der Waals surface area contributed by atoms with E-state index in [4.69, 9.17) is 0 Å². The van der Waals surface area contributed by atoms with Crippen molar-refractivity contribution in [2.45, 2.75) is 38.4 Å². The molecule has 1 rings (SSSR count). The molecule has 0 unspecified atom stereocenters. The van der Waals surface area contributed by atoms with Crippen LogP contribution in [0.3, 0.4) is 0 Å². The SMILES string of the molecule is Cc1ncc(CSCC[Si](C)(C)C)s1. The Morgan fingerprint density at radius 3 is 2.64 bits per heavy atom. The molecule has 0 radical (unpaired) electrons. The number of aromatic nitrogens is 1. The van der Waals surface area contributed by atoms with Gasteiger partial charge in [0, 0.05) is 24.9 Å². The summed E-state index contributed by atoms with van der Waals surface area (Å²) in [5, 5.41) is 1.19. The number of hydrogen-bond donors (Lipinski definition) is 0. The van der Waals surface area contributed by atoms with Crippen LogP contribution in [0.5, 0.6) is 0 Å². The van der Waals surface area contributed by atoms with Crippen LogP contribution in [0.25, 0.3) is 0 Å². The fourth-order valence-corrected chi connectivity index (χ4v) is 5.55. The van der Waals surface area contributed by atoms with Gasteiger partial charge in [0.2, 0.25) is 0 Å². The van der Waals surface area contributed by atoms with E-state index in [2.05, 4.69) is 43.3 Å². The molecule has 0 saturated heterocycles. The molecule has 0 aromatic carbocycles. The molecule has 14 heavy (non-hydrogen) atoms. The van der Waals surface area contributed by atoms with E-state index in [-0.39, 0.29) is 0 Å². The molecule has 0 spiro atoms. The van der Waals surface area contributed by atoms with E-state index in [0.717, 1.165) is 5.75 Å². The Bertz CT molecular complexity index is 278. The van der Waals surface area contributed by atoms with E-state index in [1.54, 1.807) is 0 Å². The third kappa shape index (κ3) is 5.17. The van der Waals surface area contributed by atoms with Gasteiger partial charge >= 0.3 is 0 Å². The number of hydrogen-bond acceptors (Lipinski definition) is 3. The predicted molar refractivity (Wildman–Crippen MR) is 71.2 cm³/mol. The second-order valence-corrected chi connectivity index (χ2v) is 12.8. The standard InChI is InChI=1S/C10H19NS2Si/c1-9-11-7-10(13-9)8-12-5-6-14(2,3)4/h7H,5-6,8H2,1-4H3. The first kappa shape index (κ1) is 12.3. The maximum Gasteiger partial charge on any atom is 0.0897 e. The molecule has 0 amide bonds. The highest BCUT2D eigenvalue weighted by molar-refractivity contribution is 7.98. The number of aryl methyl sites for hydroxylation is 1. The van der Waals surface area contributed by atoms with Gasteiger partial charge in [-0.15, -0.1) is 11.3 Å². The molecule has 80 valence electrons. The van der Waals surface area contributed by atoms with Gasteiger partial charge in [0.25, 0.3) is 0 Å². The van der Waals surface area contributed by atoms with Crippen molar-refractivity contribution in [3.63, 3.8) is 0 Å². The van der Waals surface area contributed by atoms with Crippen molar-refractivity contribution in [1.29, 1.82) is 0 Å². The van der Waals surface area contributed by atoms with Gasteiger partial charge in [0.15, 0.2) is 0 Å². The summed E-state index contributed by atoms with van der Waals surface area (Å²) in [6.07, 6.45) is 2.02. The van der Waals surface area contributed by atoms with Crippen molar-refractivity contribution in [2.24, 2.45) is 0 Å². The lowest BCUT2D eigenvalue weighted by Crippen LogP contribution is -2.19. The van der Waals surface area contributed by atoms with Gasteiger partial charge in [-0.25, -0.2) is 4.98 Å². The van der Waals surface area contributed by atoms with Crippen molar-refractivity contribution in [3.05, 3.63) is 16.1 Å². The average Bonchev–Trinajstić information content (AvgIpc) is 2.44. The molecule has 0 bridgehead atoms. The van der Waals surface area contributed by atoms with Crippen LogP contribution >= 0.6 is 23.1 Å². The van der Waals surface area contributed by atoms with Crippen molar-refractivity contribution < 1.29 is 0 Å². The van der Waals surface area contributed by atoms with Crippen LogP contribution in [0.4, 0.5) is 0 Å². The Labute approximate surface area is 96.4 Å². The second kappa shape index (κ2) is 5.33. The molecule has 0 aliphatic rings. The van der Waals surface area contributed by atoms with E-state index in [1.807, 2.05) is 17.5 Å². The zero-order chi connectivity index (χ0) is 10.6. The van der Waals surface area contributed by atoms with Crippen molar-refractivity contribution in [2.75, 3.05) is 5.75 Å². The van der Waals surface area contributed by atoms with Crippen molar-refractivity contribution in [3.8, 4) is 0 Å². The maximum atomic E-state index is 4.26. The molecule has 0 saturated carbocycles. The molecule has 1 nitrogen and oxygen atoms in total. The third-order valence-corrected chi connectivity index (χ3v) is 6.13. The number of rotatable bonds is 5. The molecular formula is C10H19NS2Si. The summed E-state index contributed by atoms with van der Waals surface area (Å²) in [6, 6.07) is 1.43. The van der Waals surface area contributed by atoms with Gasteiger partial charge in [-0.05, 0) is 18.7 Å². The van der Waals surface area contributed by atoms with Crippen LogP contribution in [0.1, 0.15) is 9.88 Å². The van der Waals surface area contributed by atoms with E-state index in [9.17, 15) is 0 Å². The molecule has 0 aliphatic carbocycles. The molecule has 0 atom stereocenters. The smallest absolute Gasteiger partial charge is 0.0897 e. The van der Waals surface area contributed by atoms with Crippen LogP contribution in [0.2, 0.25) is 25.7 Å². The fraction of sp³-hybridized carbons (Fsp3) is 0.700. The highest BCUT2D eigenvalue weighted by Gasteiger charge is 2.11. The van der Waals surface area contributed by atoms with Crippen molar-refractivity contribution in [1.82, 2.24) is 4.98 Å². The number of nitrogens with zero attached hydrogens (tertiary/aromatic N) is 1. The summed E-state index contributed by atoms with van der Waals surface area (Å²) in [7, 11) is -0.823. The van der Waals surface area contributed by atoms with Crippen LogP contribution in [-0.2, 0) is 5.75 Å². The topological polar surface area (TPSA) is 12.9 Å². The Hall–Kier alpha value is 0.197. The second-order valence-electron chi connectivity index (χ2n) is 4.71. The van der Waals surface area contributed by atoms with Crippen molar-refractivity contribution >= 4 is 31.2 Å². The first-order valence-electron chi connectivity index (χ1n) is 4.96. The highest BCUT2D eigenvalue weighted by atomic mass is 32.2. The van der Waals surface area contributed by atoms with Crippen LogP contribution in [0, 0.1) is 6.92 Å². The number of thiazole rings is 1. The van der Waals surface area contributed by atoms with Crippen LogP contribution < -0.4 is 0 Å². The third-order valence-electron chi connectivity index (χ3n) is 1.91. The minimum atomic E-state index is -0.823. The Morgan fingerprint density at radius 1 is 1.43 bits per heavy atom. The summed E-state index contributed by atoms with van der Waals surface area (Å²) in [4.78, 5) is 5.68. The minimum Gasteiger partial charge on any atom is -0.250 e. The van der Waals surface area contributed by atoms with Gasteiger partial charge in [-0.2, -0.15) is 11.8 Å². The zero-order valence-electron chi connectivity index (χ0n) is 9.46. The maximum absolute atomic E-state index is 4.26. The van der Waals surface area contributed by atoms with Crippen LogP contribution in [-0.4, -0.2) is 18.8 Å². The molecular weight excluding hydrogens is 226 g/mol. The normalized spacial score (nSPS) is 12.0. The molecule has 0 fully saturated rings. The monoisotopic (exact) mass is 245 g/mol. The fourth-order valence-electron chi connectivity index (χ4n) is 1.02. The quantitative estimate of drug-likeness (QED) is 0.574. The Kier molecular flexibility index (Phi) is 4.67. The summed E-state index contributed by atoms with van der Waals surface area (Å²) in [5.41, 5.74) is 0. The summed E-state index contributed by atoms with van der Waals surface area (Å²) in [5.74, 6) is 2.46. The van der Waals surface area contributed by atoms with Crippen LogP contribution in [0.15, 0.2) is 6.20 Å². The number of thioether (sulfide) groups is 1. The van der Waals surface area contributed by atoms with E-state index >= 15 is 0 Å². The lowest BCUT2D eigenvalue weighted by atomic mass is 10.6. The van der Waals surface area contributed by atoms with E-state index in [0.29, 0.717) is 0 Å². The lowest BCUT2D eigenvalue weighted by molar-refractivity contribution is 1.28. The van der Waals surface area contributed by atoms with E-state index < -0.39 is 8.07 Å². The molecule has 0 N–H and O–H groups in total. The Morgan fingerprint density at radius 2 is 2.14 bits per heavy atom. The minimum absolute atomic E-state index is 0.823. The molecule has 0 aliphatic heterocycles. The highest BCUT2D eigenvalue weighted by Crippen LogP contribution is 2.21. The summed E-state index contributed by atoms with van der Waals surface area (Å²) in [6.45, 7) is 9.38.